The van der Waals surface area contributed by atoms with Gasteiger partial charge in [-0.3, -0.25) is 9.69 Å². The molecule has 21 heavy (non-hydrogen) atoms. The summed E-state index contributed by atoms with van der Waals surface area (Å²) in [7, 11) is 0. The van der Waals surface area contributed by atoms with Gasteiger partial charge in [0.2, 0.25) is 5.91 Å². The van der Waals surface area contributed by atoms with Crippen LogP contribution >= 0.6 is 0 Å². The van der Waals surface area contributed by atoms with Crippen LogP contribution in [0.15, 0.2) is 30.6 Å². The zero-order valence-corrected chi connectivity index (χ0v) is 11.8. The molecule has 0 radical (unpaired) electrons. The number of nitrogens with zero attached hydrogens (tertiary/aromatic N) is 2. The highest BCUT2D eigenvalue weighted by Crippen LogP contribution is 2.24. The molecule has 2 N–H and O–H groups in total. The van der Waals surface area contributed by atoms with E-state index in [1.54, 1.807) is 11.1 Å². The fourth-order valence-electron chi connectivity index (χ4n) is 2.74. The van der Waals surface area contributed by atoms with Gasteiger partial charge in [0.1, 0.15) is 11.9 Å². The van der Waals surface area contributed by atoms with E-state index in [0.717, 1.165) is 18.4 Å². The number of allylic oxidation sites excluding steroid dienone is 1. The fraction of sp³-hybridized carbons (Fsp3) is 0.400. The monoisotopic (exact) mass is 286 g/mol. The van der Waals surface area contributed by atoms with Crippen LogP contribution in [0.25, 0.3) is 0 Å². The summed E-state index contributed by atoms with van der Waals surface area (Å²) in [5.74, 6) is 0.500. The summed E-state index contributed by atoms with van der Waals surface area (Å²) in [4.78, 5) is 30.2. The Morgan fingerprint density at radius 1 is 1.48 bits per heavy atom. The molecular formula is C15H18N4O2. The van der Waals surface area contributed by atoms with Crippen molar-refractivity contribution in [1.82, 2.24) is 15.6 Å². The number of hydrogen-bond donors (Lipinski definition) is 2. The van der Waals surface area contributed by atoms with Gasteiger partial charge in [0.05, 0.1) is 0 Å². The molecule has 3 amide bonds. The number of aromatic nitrogens is 1. The van der Waals surface area contributed by atoms with Crippen molar-refractivity contribution in [2.45, 2.75) is 31.7 Å². The summed E-state index contributed by atoms with van der Waals surface area (Å²) in [6.07, 6.45) is 4.78. The molecule has 2 aliphatic rings. The summed E-state index contributed by atoms with van der Waals surface area (Å²) in [5, 5.41) is 5.47. The number of carbonyl (C=O) groups excluding carboxylic acids is 2. The number of aryl methyl sites for hydroxylation is 1. The number of hydrogen-bond acceptors (Lipinski definition) is 3. The topological polar surface area (TPSA) is 74.3 Å². The minimum absolute atomic E-state index is 0.196. The molecular weight excluding hydrogens is 268 g/mol. The number of fused-ring (bicyclic) bond motifs is 1. The quantitative estimate of drug-likeness (QED) is 0.818. The van der Waals surface area contributed by atoms with E-state index in [9.17, 15) is 9.59 Å². The van der Waals surface area contributed by atoms with Crippen LogP contribution < -0.4 is 15.5 Å². The maximum absolute atomic E-state index is 12.4. The van der Waals surface area contributed by atoms with E-state index >= 15 is 0 Å². The molecule has 2 aliphatic heterocycles. The first kappa shape index (κ1) is 13.6. The summed E-state index contributed by atoms with van der Waals surface area (Å²) in [5.41, 5.74) is 1.77. The van der Waals surface area contributed by atoms with E-state index in [2.05, 4.69) is 22.2 Å². The molecule has 1 fully saturated rings. The molecule has 1 atom stereocenters. The van der Waals surface area contributed by atoms with Gasteiger partial charge in [0, 0.05) is 18.4 Å². The summed E-state index contributed by atoms with van der Waals surface area (Å²) in [6.45, 7) is 4.35. The molecule has 0 bridgehead atoms. The number of carbonyl (C=O) groups is 2. The minimum Gasteiger partial charge on any atom is -0.329 e. The Bertz CT molecular complexity index is 599. The van der Waals surface area contributed by atoms with Crippen LogP contribution in [0.4, 0.5) is 10.6 Å². The Labute approximate surface area is 123 Å². The van der Waals surface area contributed by atoms with Gasteiger partial charge in [-0.1, -0.05) is 12.6 Å². The second-order valence-corrected chi connectivity index (χ2v) is 5.37. The summed E-state index contributed by atoms with van der Waals surface area (Å²) in [6, 6.07) is 3.10. The van der Waals surface area contributed by atoms with Gasteiger partial charge >= 0.3 is 6.03 Å². The minimum atomic E-state index is -0.503. The molecule has 1 saturated heterocycles. The molecule has 0 saturated carbocycles. The zero-order valence-electron chi connectivity index (χ0n) is 11.8. The molecule has 0 spiro atoms. The number of urea groups is 1. The molecule has 6 nitrogen and oxygen atoms in total. The lowest BCUT2D eigenvalue weighted by Gasteiger charge is -2.31. The highest BCUT2D eigenvalue weighted by molar-refractivity contribution is 5.96. The Hall–Kier alpha value is -2.37. The second-order valence-electron chi connectivity index (χ2n) is 5.37. The maximum atomic E-state index is 12.4. The van der Waals surface area contributed by atoms with Crippen molar-refractivity contribution < 1.29 is 9.59 Å². The Balaban J connectivity index is 1.72. The lowest BCUT2D eigenvalue weighted by molar-refractivity contribution is -0.123. The van der Waals surface area contributed by atoms with Crippen molar-refractivity contribution in [3.63, 3.8) is 0 Å². The molecule has 110 valence electrons. The van der Waals surface area contributed by atoms with Crippen molar-refractivity contribution >= 4 is 17.8 Å². The average Bonchev–Trinajstić information content (AvgIpc) is 2.49. The van der Waals surface area contributed by atoms with Gasteiger partial charge < -0.3 is 10.6 Å². The predicted molar refractivity (Wildman–Crippen MR) is 78.7 cm³/mol. The number of pyridine rings is 1. The number of piperidine rings is 1. The Kier molecular flexibility index (Phi) is 3.60. The van der Waals surface area contributed by atoms with Crippen molar-refractivity contribution in [1.29, 1.82) is 0 Å². The van der Waals surface area contributed by atoms with E-state index in [0.29, 0.717) is 30.9 Å². The first-order chi connectivity index (χ1) is 10.1. The standard InChI is InChI=1S/C15H18N4O2/c1-10-6-7-12(14(20)17-10)18-15(21)19-9-3-5-11-4-2-8-16-13(11)19/h2,4,8,12H,1,3,5-7,9H2,(H,17,20)(H,18,21). The lowest BCUT2D eigenvalue weighted by atomic mass is 10.0. The number of rotatable bonds is 1. The molecule has 1 unspecified atom stereocenters. The molecule has 1 aromatic rings. The highest BCUT2D eigenvalue weighted by Gasteiger charge is 2.29. The summed E-state index contributed by atoms with van der Waals surface area (Å²) >= 11 is 0. The molecule has 0 aliphatic carbocycles. The van der Waals surface area contributed by atoms with Crippen LogP contribution in [-0.4, -0.2) is 29.5 Å². The second kappa shape index (κ2) is 5.55. The van der Waals surface area contributed by atoms with Crippen LogP contribution in [0.5, 0.6) is 0 Å². The first-order valence-electron chi connectivity index (χ1n) is 7.16. The number of amides is 3. The van der Waals surface area contributed by atoms with Gasteiger partial charge in [-0.05, 0) is 37.3 Å². The summed E-state index contributed by atoms with van der Waals surface area (Å²) < 4.78 is 0. The molecule has 1 aromatic heterocycles. The SMILES string of the molecule is C=C1CCC(NC(=O)N2CCCc3cccnc32)C(=O)N1. The van der Waals surface area contributed by atoms with E-state index in [4.69, 9.17) is 0 Å². The normalized spacial score (nSPS) is 21.5. The molecule has 3 rings (SSSR count). The van der Waals surface area contributed by atoms with Crippen LogP contribution in [0.3, 0.4) is 0 Å². The lowest BCUT2D eigenvalue weighted by Crippen LogP contribution is -2.54. The third-order valence-electron chi connectivity index (χ3n) is 3.85. The maximum Gasteiger partial charge on any atom is 0.323 e. The van der Waals surface area contributed by atoms with Gasteiger partial charge in [0.25, 0.3) is 0 Å². The van der Waals surface area contributed by atoms with Gasteiger partial charge in [-0.25, -0.2) is 9.78 Å². The van der Waals surface area contributed by atoms with E-state index in [1.807, 2.05) is 12.1 Å². The van der Waals surface area contributed by atoms with Gasteiger partial charge in [-0.2, -0.15) is 0 Å². The fourth-order valence-corrected chi connectivity index (χ4v) is 2.74. The van der Waals surface area contributed by atoms with Crippen molar-refractivity contribution in [2.75, 3.05) is 11.4 Å². The van der Waals surface area contributed by atoms with Crippen molar-refractivity contribution in [2.24, 2.45) is 0 Å². The predicted octanol–water partition coefficient (Wildman–Crippen LogP) is 1.34. The third-order valence-corrected chi connectivity index (χ3v) is 3.85. The van der Waals surface area contributed by atoms with E-state index < -0.39 is 6.04 Å². The van der Waals surface area contributed by atoms with Crippen molar-refractivity contribution in [3.8, 4) is 0 Å². The first-order valence-corrected chi connectivity index (χ1v) is 7.16. The Morgan fingerprint density at radius 2 is 2.33 bits per heavy atom. The van der Waals surface area contributed by atoms with Crippen LogP contribution in [0, 0.1) is 0 Å². The molecule has 0 aromatic carbocycles. The van der Waals surface area contributed by atoms with Crippen LogP contribution in [0.1, 0.15) is 24.8 Å². The van der Waals surface area contributed by atoms with Crippen LogP contribution in [0.2, 0.25) is 0 Å². The Morgan fingerprint density at radius 3 is 3.14 bits per heavy atom. The number of anilines is 1. The van der Waals surface area contributed by atoms with Crippen LogP contribution in [-0.2, 0) is 11.2 Å². The molecule has 6 heteroatoms. The highest BCUT2D eigenvalue weighted by atomic mass is 16.2. The smallest absolute Gasteiger partial charge is 0.323 e. The average molecular weight is 286 g/mol. The van der Waals surface area contributed by atoms with Crippen molar-refractivity contribution in [3.05, 3.63) is 36.2 Å². The van der Waals surface area contributed by atoms with E-state index in [1.165, 1.54) is 0 Å². The third kappa shape index (κ3) is 2.74. The van der Waals surface area contributed by atoms with E-state index in [-0.39, 0.29) is 11.9 Å². The zero-order chi connectivity index (χ0) is 14.8. The van der Waals surface area contributed by atoms with Gasteiger partial charge in [-0.15, -0.1) is 0 Å². The molecule has 3 heterocycles. The largest absolute Gasteiger partial charge is 0.329 e. The van der Waals surface area contributed by atoms with Gasteiger partial charge in [0.15, 0.2) is 0 Å². The number of nitrogens with one attached hydrogen (secondary N) is 2.